The summed E-state index contributed by atoms with van der Waals surface area (Å²) in [4.78, 5) is 0. The van der Waals surface area contributed by atoms with Crippen LogP contribution in [0.2, 0.25) is 5.02 Å². The average molecular weight is 299 g/mol. The zero-order valence-electron chi connectivity index (χ0n) is 11.1. The van der Waals surface area contributed by atoms with Gasteiger partial charge in [0.15, 0.2) is 0 Å². The Balaban J connectivity index is 1.80. The maximum Gasteiger partial charge on any atom is 0.128 e. The van der Waals surface area contributed by atoms with Gasteiger partial charge in [0.1, 0.15) is 5.82 Å². The molecule has 0 bridgehead atoms. The lowest BCUT2D eigenvalue weighted by atomic mass is 10.2. The molecule has 0 saturated carbocycles. The third-order valence-electron chi connectivity index (χ3n) is 2.95. The molecule has 4 nitrogen and oxygen atoms in total. The summed E-state index contributed by atoms with van der Waals surface area (Å²) in [5.74, 6) is -0.309. The second-order valence-electron chi connectivity index (χ2n) is 4.52. The van der Waals surface area contributed by atoms with E-state index >= 15 is 0 Å². The van der Waals surface area contributed by atoms with Crippen molar-refractivity contribution in [3.05, 3.63) is 52.6 Å². The summed E-state index contributed by atoms with van der Waals surface area (Å²) >= 11 is 5.88. The molecule has 2 rings (SSSR count). The third kappa shape index (κ3) is 3.79. The Morgan fingerprint density at radius 2 is 2.20 bits per heavy atom. The average Bonchev–Trinajstić information content (AvgIpc) is 2.73. The number of aliphatic hydroxyl groups excluding tert-OH is 1. The van der Waals surface area contributed by atoms with Crippen molar-refractivity contribution in [3.63, 3.8) is 0 Å². The largest absolute Gasteiger partial charge is 0.389 e. The Labute approximate surface area is 121 Å². The van der Waals surface area contributed by atoms with Gasteiger partial charge < -0.3 is 9.84 Å². The number of nitrogens with zero attached hydrogens (tertiary/aromatic N) is 2. The van der Waals surface area contributed by atoms with Crippen LogP contribution in [0.1, 0.15) is 11.3 Å². The molecule has 20 heavy (non-hydrogen) atoms. The molecule has 6 heteroatoms. The molecular weight excluding hydrogens is 283 g/mol. The molecule has 0 spiro atoms. The second-order valence-corrected chi connectivity index (χ2v) is 4.93. The first-order valence-electron chi connectivity index (χ1n) is 6.25. The van der Waals surface area contributed by atoms with Gasteiger partial charge in [-0.25, -0.2) is 4.39 Å². The smallest absolute Gasteiger partial charge is 0.128 e. The normalized spacial score (nSPS) is 12.6. The van der Waals surface area contributed by atoms with E-state index in [1.54, 1.807) is 22.9 Å². The fourth-order valence-corrected chi connectivity index (χ4v) is 1.92. The van der Waals surface area contributed by atoms with E-state index < -0.39 is 6.10 Å². The number of aliphatic hydroxyl groups is 1. The van der Waals surface area contributed by atoms with Crippen LogP contribution in [0.15, 0.2) is 30.5 Å². The predicted octanol–water partition coefficient (Wildman–Crippen LogP) is 2.56. The standard InChI is InChI=1S/C14H16ClFN2O2/c1-10-13(15)6-17-18(10)7-12(19)9-20-8-11-4-2-3-5-14(11)16/h2-6,12,19H,7-9H2,1H3/t12-/m1/s1. The van der Waals surface area contributed by atoms with E-state index in [0.29, 0.717) is 10.6 Å². The minimum atomic E-state index is -0.726. The van der Waals surface area contributed by atoms with Crippen LogP contribution in [-0.2, 0) is 17.9 Å². The Kier molecular flexibility index (Phi) is 5.11. The summed E-state index contributed by atoms with van der Waals surface area (Å²) in [6.45, 7) is 2.34. The van der Waals surface area contributed by atoms with Crippen LogP contribution >= 0.6 is 11.6 Å². The van der Waals surface area contributed by atoms with E-state index in [1.807, 2.05) is 6.92 Å². The van der Waals surface area contributed by atoms with Crippen LogP contribution in [0.5, 0.6) is 0 Å². The van der Waals surface area contributed by atoms with Crippen molar-refractivity contribution >= 4 is 11.6 Å². The van der Waals surface area contributed by atoms with Gasteiger partial charge in [-0.05, 0) is 13.0 Å². The molecule has 0 unspecified atom stereocenters. The first-order valence-corrected chi connectivity index (χ1v) is 6.63. The highest BCUT2D eigenvalue weighted by Crippen LogP contribution is 2.13. The molecule has 0 aliphatic rings. The number of rotatable bonds is 6. The maximum atomic E-state index is 13.3. The topological polar surface area (TPSA) is 47.3 Å². The minimum absolute atomic E-state index is 0.102. The van der Waals surface area contributed by atoms with Crippen molar-refractivity contribution in [1.82, 2.24) is 9.78 Å². The minimum Gasteiger partial charge on any atom is -0.389 e. The molecule has 0 saturated heterocycles. The van der Waals surface area contributed by atoms with Crippen LogP contribution in [0.3, 0.4) is 0 Å². The molecule has 1 aromatic carbocycles. The van der Waals surface area contributed by atoms with Crippen molar-refractivity contribution in [1.29, 1.82) is 0 Å². The maximum absolute atomic E-state index is 13.3. The molecule has 1 N–H and O–H groups in total. The van der Waals surface area contributed by atoms with Crippen LogP contribution in [0.4, 0.5) is 4.39 Å². The zero-order valence-corrected chi connectivity index (χ0v) is 11.8. The Morgan fingerprint density at radius 3 is 2.85 bits per heavy atom. The molecule has 0 aliphatic heterocycles. The van der Waals surface area contributed by atoms with Crippen molar-refractivity contribution in [2.75, 3.05) is 6.61 Å². The summed E-state index contributed by atoms with van der Waals surface area (Å²) in [6, 6.07) is 6.40. The van der Waals surface area contributed by atoms with Crippen molar-refractivity contribution in [2.45, 2.75) is 26.2 Å². The molecule has 0 amide bonds. The van der Waals surface area contributed by atoms with Crippen LogP contribution in [0, 0.1) is 12.7 Å². The highest BCUT2D eigenvalue weighted by Gasteiger charge is 2.10. The molecule has 2 aromatic rings. The Bertz CT molecular complexity index is 574. The van der Waals surface area contributed by atoms with Gasteiger partial charge in [-0.3, -0.25) is 4.68 Å². The second kappa shape index (κ2) is 6.83. The SMILES string of the molecule is Cc1c(Cl)cnn1C[C@@H](O)COCc1ccccc1F. The number of hydrogen-bond donors (Lipinski definition) is 1. The van der Waals surface area contributed by atoms with Crippen LogP contribution < -0.4 is 0 Å². The van der Waals surface area contributed by atoms with E-state index in [0.717, 1.165) is 5.69 Å². The molecular formula is C14H16ClFN2O2. The molecule has 0 radical (unpaired) electrons. The van der Waals surface area contributed by atoms with Gasteiger partial charge in [0.05, 0.1) is 42.8 Å². The third-order valence-corrected chi connectivity index (χ3v) is 3.32. The van der Waals surface area contributed by atoms with Crippen molar-refractivity contribution < 1.29 is 14.2 Å². The molecule has 1 aromatic heterocycles. The van der Waals surface area contributed by atoms with Crippen molar-refractivity contribution in [2.24, 2.45) is 0 Å². The van der Waals surface area contributed by atoms with Gasteiger partial charge in [0, 0.05) is 5.56 Å². The van der Waals surface area contributed by atoms with Gasteiger partial charge in [-0.1, -0.05) is 29.8 Å². The van der Waals surface area contributed by atoms with Gasteiger partial charge in [0.2, 0.25) is 0 Å². The van der Waals surface area contributed by atoms with E-state index in [-0.39, 0.29) is 25.6 Å². The van der Waals surface area contributed by atoms with E-state index in [4.69, 9.17) is 16.3 Å². The molecule has 0 fully saturated rings. The first kappa shape index (κ1) is 15.0. The fourth-order valence-electron chi connectivity index (χ4n) is 1.78. The lowest BCUT2D eigenvalue weighted by Gasteiger charge is -2.13. The van der Waals surface area contributed by atoms with E-state index in [9.17, 15) is 9.50 Å². The molecule has 1 heterocycles. The number of benzene rings is 1. The highest BCUT2D eigenvalue weighted by atomic mass is 35.5. The first-order chi connectivity index (χ1) is 9.58. The summed E-state index contributed by atoms with van der Waals surface area (Å²) < 4.78 is 20.3. The number of halogens is 2. The predicted molar refractivity (Wildman–Crippen MR) is 74.0 cm³/mol. The summed E-state index contributed by atoms with van der Waals surface area (Å²) in [7, 11) is 0. The van der Waals surface area contributed by atoms with Gasteiger partial charge in [0.25, 0.3) is 0 Å². The number of ether oxygens (including phenoxy) is 1. The number of aromatic nitrogens is 2. The van der Waals surface area contributed by atoms with E-state index in [2.05, 4.69) is 5.10 Å². The summed E-state index contributed by atoms with van der Waals surface area (Å²) in [5.41, 5.74) is 1.26. The fraction of sp³-hybridized carbons (Fsp3) is 0.357. The molecule has 108 valence electrons. The summed E-state index contributed by atoms with van der Waals surface area (Å²) in [5, 5.41) is 14.5. The van der Waals surface area contributed by atoms with Crippen molar-refractivity contribution in [3.8, 4) is 0 Å². The number of hydrogen-bond acceptors (Lipinski definition) is 3. The zero-order chi connectivity index (χ0) is 14.5. The highest BCUT2D eigenvalue weighted by molar-refractivity contribution is 6.31. The van der Waals surface area contributed by atoms with E-state index in [1.165, 1.54) is 12.3 Å². The lowest BCUT2D eigenvalue weighted by Crippen LogP contribution is -2.23. The molecule has 1 atom stereocenters. The quantitative estimate of drug-likeness (QED) is 0.891. The molecule has 0 aliphatic carbocycles. The van der Waals surface area contributed by atoms with Crippen LogP contribution in [-0.4, -0.2) is 27.6 Å². The Hall–Kier alpha value is -1.43. The monoisotopic (exact) mass is 298 g/mol. The van der Waals surface area contributed by atoms with Gasteiger partial charge in [-0.2, -0.15) is 5.10 Å². The Morgan fingerprint density at radius 1 is 1.45 bits per heavy atom. The lowest BCUT2D eigenvalue weighted by molar-refractivity contribution is 0.0175. The van der Waals surface area contributed by atoms with Gasteiger partial charge >= 0.3 is 0 Å². The van der Waals surface area contributed by atoms with Crippen LogP contribution in [0.25, 0.3) is 0 Å². The summed E-state index contributed by atoms with van der Waals surface area (Å²) in [6.07, 6.45) is 0.806. The van der Waals surface area contributed by atoms with Gasteiger partial charge in [-0.15, -0.1) is 0 Å².